The summed E-state index contributed by atoms with van der Waals surface area (Å²) < 4.78 is 26.2. The van der Waals surface area contributed by atoms with Gasteiger partial charge in [0.15, 0.2) is 0 Å². The highest BCUT2D eigenvalue weighted by Crippen LogP contribution is 2.10. The number of nitrogens with one attached hydrogen (secondary N) is 1. The molecule has 1 unspecified atom stereocenters. The Morgan fingerprint density at radius 1 is 1.44 bits per heavy atom. The first-order valence-corrected chi connectivity index (χ1v) is 6.76. The second kappa shape index (κ2) is 5.43. The van der Waals surface area contributed by atoms with Crippen molar-refractivity contribution in [2.24, 2.45) is 5.73 Å². The molecular formula is C11H18N2O2S. The molecule has 90 valence electrons. The normalized spacial score (nSPS) is 13.7. The van der Waals surface area contributed by atoms with Crippen molar-refractivity contribution in [1.82, 2.24) is 4.72 Å². The molecule has 1 atom stereocenters. The number of rotatable bonds is 5. The summed E-state index contributed by atoms with van der Waals surface area (Å²) in [6, 6.07) is 6.66. The summed E-state index contributed by atoms with van der Waals surface area (Å²) in [4.78, 5) is 0.288. The molecule has 0 fully saturated rings. The third-order valence-electron chi connectivity index (χ3n) is 2.36. The van der Waals surface area contributed by atoms with E-state index in [0.29, 0.717) is 0 Å². The van der Waals surface area contributed by atoms with E-state index in [-0.39, 0.29) is 17.5 Å². The van der Waals surface area contributed by atoms with E-state index in [0.717, 1.165) is 12.0 Å². The summed E-state index contributed by atoms with van der Waals surface area (Å²) in [7, 11) is -3.42. The highest BCUT2D eigenvalue weighted by Gasteiger charge is 2.14. The van der Waals surface area contributed by atoms with Crippen molar-refractivity contribution in [3.8, 4) is 0 Å². The van der Waals surface area contributed by atoms with Gasteiger partial charge in [0.1, 0.15) is 0 Å². The Hall–Kier alpha value is -0.910. The first-order chi connectivity index (χ1) is 7.45. The van der Waals surface area contributed by atoms with Crippen molar-refractivity contribution in [2.75, 3.05) is 6.54 Å². The lowest BCUT2D eigenvalue weighted by atomic mass is 10.2. The van der Waals surface area contributed by atoms with Crippen molar-refractivity contribution in [3.05, 3.63) is 29.8 Å². The lowest BCUT2D eigenvalue weighted by Gasteiger charge is -2.11. The van der Waals surface area contributed by atoms with Gasteiger partial charge >= 0.3 is 0 Å². The molecule has 0 heterocycles. The maximum atomic E-state index is 11.8. The fourth-order valence-corrected chi connectivity index (χ4v) is 2.43. The van der Waals surface area contributed by atoms with Gasteiger partial charge in [0.05, 0.1) is 4.90 Å². The zero-order valence-electron chi connectivity index (χ0n) is 9.60. The molecule has 0 radical (unpaired) electrons. The van der Waals surface area contributed by atoms with Crippen molar-refractivity contribution >= 4 is 10.0 Å². The fourth-order valence-electron chi connectivity index (χ4n) is 1.23. The summed E-state index contributed by atoms with van der Waals surface area (Å²) in [5.41, 5.74) is 6.58. The molecule has 0 amide bonds. The van der Waals surface area contributed by atoms with Gasteiger partial charge in [-0.2, -0.15) is 0 Å². The minimum atomic E-state index is -3.42. The van der Waals surface area contributed by atoms with E-state index in [2.05, 4.69) is 4.72 Å². The maximum Gasteiger partial charge on any atom is 0.240 e. The van der Waals surface area contributed by atoms with Gasteiger partial charge in [-0.1, -0.05) is 19.1 Å². The zero-order valence-corrected chi connectivity index (χ0v) is 10.4. The van der Waals surface area contributed by atoms with E-state index >= 15 is 0 Å². The number of aryl methyl sites for hydroxylation is 1. The van der Waals surface area contributed by atoms with E-state index in [1.54, 1.807) is 18.2 Å². The summed E-state index contributed by atoms with van der Waals surface area (Å²) >= 11 is 0. The van der Waals surface area contributed by atoms with Crippen LogP contribution in [0.15, 0.2) is 29.2 Å². The second-order valence-electron chi connectivity index (χ2n) is 3.84. The van der Waals surface area contributed by atoms with Gasteiger partial charge < -0.3 is 5.73 Å². The quantitative estimate of drug-likeness (QED) is 0.809. The van der Waals surface area contributed by atoms with Gasteiger partial charge in [0, 0.05) is 12.6 Å². The Balaban J connectivity index is 2.78. The van der Waals surface area contributed by atoms with Crippen LogP contribution in [-0.4, -0.2) is 21.0 Å². The molecule has 0 aliphatic rings. The Kier molecular flexibility index (Phi) is 4.46. The summed E-state index contributed by atoms with van der Waals surface area (Å²) in [6.07, 6.45) is 0.746. The maximum absolute atomic E-state index is 11.8. The van der Waals surface area contributed by atoms with E-state index in [1.165, 1.54) is 0 Å². The van der Waals surface area contributed by atoms with Crippen molar-refractivity contribution < 1.29 is 8.42 Å². The number of hydrogen-bond donors (Lipinski definition) is 2. The number of hydrogen-bond acceptors (Lipinski definition) is 3. The minimum absolute atomic E-state index is 0.139. The van der Waals surface area contributed by atoms with Gasteiger partial charge in [-0.05, 0) is 31.0 Å². The lowest BCUT2D eigenvalue weighted by Crippen LogP contribution is -2.36. The van der Waals surface area contributed by atoms with Crippen LogP contribution >= 0.6 is 0 Å². The average molecular weight is 242 g/mol. The highest BCUT2D eigenvalue weighted by atomic mass is 32.2. The molecular weight excluding hydrogens is 224 g/mol. The summed E-state index contributed by atoms with van der Waals surface area (Å²) in [6.45, 7) is 4.05. The van der Waals surface area contributed by atoms with Crippen molar-refractivity contribution in [3.63, 3.8) is 0 Å². The number of benzene rings is 1. The monoisotopic (exact) mass is 242 g/mol. The molecule has 0 aliphatic heterocycles. The topological polar surface area (TPSA) is 72.2 Å². The molecule has 4 nitrogen and oxygen atoms in total. The lowest BCUT2D eigenvalue weighted by molar-refractivity contribution is 0.564. The van der Waals surface area contributed by atoms with Crippen LogP contribution in [0.25, 0.3) is 0 Å². The Labute approximate surface area is 96.9 Å². The van der Waals surface area contributed by atoms with Crippen LogP contribution in [0, 0.1) is 6.92 Å². The van der Waals surface area contributed by atoms with Crippen molar-refractivity contribution in [1.29, 1.82) is 0 Å². The molecule has 0 aromatic heterocycles. The number of sulfonamides is 1. The standard InChI is InChI=1S/C11H18N2O2S/c1-3-10(12)8-13-16(14,15)11-6-4-5-9(2)7-11/h4-7,10,13H,3,8,12H2,1-2H3. The van der Waals surface area contributed by atoms with Crippen LogP contribution in [0.1, 0.15) is 18.9 Å². The van der Waals surface area contributed by atoms with Gasteiger partial charge in [-0.25, -0.2) is 13.1 Å². The van der Waals surface area contributed by atoms with Gasteiger partial charge in [0.25, 0.3) is 0 Å². The van der Waals surface area contributed by atoms with Crippen LogP contribution < -0.4 is 10.5 Å². The SMILES string of the molecule is CCC(N)CNS(=O)(=O)c1cccc(C)c1. The Morgan fingerprint density at radius 2 is 2.12 bits per heavy atom. The molecule has 1 aromatic carbocycles. The molecule has 3 N–H and O–H groups in total. The summed E-state index contributed by atoms with van der Waals surface area (Å²) in [5.74, 6) is 0. The van der Waals surface area contributed by atoms with Crippen LogP contribution in [-0.2, 0) is 10.0 Å². The molecule has 16 heavy (non-hydrogen) atoms. The van der Waals surface area contributed by atoms with Gasteiger partial charge in [0.2, 0.25) is 10.0 Å². The molecule has 0 saturated carbocycles. The van der Waals surface area contributed by atoms with Gasteiger partial charge in [-0.15, -0.1) is 0 Å². The average Bonchev–Trinajstić information content (AvgIpc) is 2.26. The molecule has 0 saturated heterocycles. The first-order valence-electron chi connectivity index (χ1n) is 5.27. The van der Waals surface area contributed by atoms with E-state index in [1.807, 2.05) is 19.9 Å². The fraction of sp³-hybridized carbons (Fsp3) is 0.455. The molecule has 1 aromatic rings. The van der Waals surface area contributed by atoms with Crippen LogP contribution in [0.3, 0.4) is 0 Å². The third kappa shape index (κ3) is 3.59. The van der Waals surface area contributed by atoms with E-state index in [4.69, 9.17) is 5.73 Å². The van der Waals surface area contributed by atoms with Gasteiger partial charge in [-0.3, -0.25) is 0 Å². The summed E-state index contributed by atoms with van der Waals surface area (Å²) in [5, 5.41) is 0. The predicted octanol–water partition coefficient (Wildman–Crippen LogP) is 1.01. The Morgan fingerprint density at radius 3 is 2.69 bits per heavy atom. The highest BCUT2D eigenvalue weighted by molar-refractivity contribution is 7.89. The van der Waals surface area contributed by atoms with Crippen LogP contribution in [0.2, 0.25) is 0 Å². The van der Waals surface area contributed by atoms with Crippen LogP contribution in [0.4, 0.5) is 0 Å². The van der Waals surface area contributed by atoms with E-state index in [9.17, 15) is 8.42 Å². The Bertz CT molecular complexity index is 443. The minimum Gasteiger partial charge on any atom is -0.327 e. The predicted molar refractivity (Wildman–Crippen MR) is 64.6 cm³/mol. The molecule has 0 spiro atoms. The molecule has 0 bridgehead atoms. The zero-order chi connectivity index (χ0) is 12.2. The van der Waals surface area contributed by atoms with E-state index < -0.39 is 10.0 Å². The molecule has 0 aliphatic carbocycles. The molecule has 1 rings (SSSR count). The van der Waals surface area contributed by atoms with Crippen molar-refractivity contribution in [2.45, 2.75) is 31.2 Å². The first kappa shape index (κ1) is 13.2. The third-order valence-corrected chi connectivity index (χ3v) is 3.78. The smallest absolute Gasteiger partial charge is 0.240 e. The number of nitrogens with two attached hydrogens (primary N) is 1. The second-order valence-corrected chi connectivity index (χ2v) is 5.60. The molecule has 5 heteroatoms. The largest absolute Gasteiger partial charge is 0.327 e. The van der Waals surface area contributed by atoms with Crippen LogP contribution in [0.5, 0.6) is 0 Å².